The summed E-state index contributed by atoms with van der Waals surface area (Å²) in [5, 5.41) is 3.42. The lowest BCUT2D eigenvalue weighted by atomic mass is 10.2. The highest BCUT2D eigenvalue weighted by atomic mass is 35.5. The second-order valence-corrected chi connectivity index (χ2v) is 7.77. The second kappa shape index (κ2) is 7.40. The largest absolute Gasteiger partial charge is 0.322 e. The van der Waals surface area contributed by atoms with Crippen molar-refractivity contribution in [1.82, 2.24) is 4.31 Å². The Hall–Kier alpha value is -1.80. The van der Waals surface area contributed by atoms with E-state index in [0.717, 1.165) is 4.31 Å². The Balaban J connectivity index is 2.24. The number of carbonyl (C=O) groups is 1. The van der Waals surface area contributed by atoms with E-state index >= 15 is 0 Å². The number of hydrogen-bond acceptors (Lipinski definition) is 3. The smallest absolute Gasteiger partial charge is 0.301 e. The molecule has 2 aromatic rings. The second-order valence-electron chi connectivity index (χ2n) is 5.05. The number of anilines is 2. The van der Waals surface area contributed by atoms with E-state index in [9.17, 15) is 13.2 Å². The number of benzene rings is 2. The van der Waals surface area contributed by atoms with Gasteiger partial charge in [0.25, 0.3) is 5.91 Å². The first-order valence-electron chi connectivity index (χ1n) is 6.76. The molecule has 2 rings (SSSR count). The van der Waals surface area contributed by atoms with E-state index in [2.05, 4.69) is 10.0 Å². The molecule has 2 aromatic carbocycles. The highest BCUT2D eigenvalue weighted by molar-refractivity contribution is 7.90. The van der Waals surface area contributed by atoms with Gasteiger partial charge in [-0.2, -0.15) is 12.7 Å². The molecule has 1 amide bonds. The zero-order chi connectivity index (χ0) is 17.9. The molecular weight excluding hydrogens is 373 g/mol. The van der Waals surface area contributed by atoms with E-state index in [1.54, 1.807) is 24.3 Å². The fourth-order valence-corrected chi connectivity index (χ4v) is 2.67. The Morgan fingerprint density at radius 2 is 1.58 bits per heavy atom. The Morgan fingerprint density at radius 1 is 1.00 bits per heavy atom. The topological polar surface area (TPSA) is 78.5 Å². The van der Waals surface area contributed by atoms with Gasteiger partial charge in [-0.05, 0) is 42.5 Å². The maximum atomic E-state index is 12.4. The summed E-state index contributed by atoms with van der Waals surface area (Å²) in [5.41, 5.74) is 0.916. The molecule has 0 aromatic heterocycles. The molecule has 0 saturated heterocycles. The van der Waals surface area contributed by atoms with E-state index < -0.39 is 16.1 Å². The Kier molecular flexibility index (Phi) is 5.71. The van der Waals surface area contributed by atoms with Crippen molar-refractivity contribution >= 4 is 50.7 Å². The molecule has 128 valence electrons. The molecule has 9 heteroatoms. The van der Waals surface area contributed by atoms with Gasteiger partial charge in [-0.25, -0.2) is 0 Å². The van der Waals surface area contributed by atoms with E-state index in [0.29, 0.717) is 10.7 Å². The number of nitrogens with zero attached hydrogens (tertiary/aromatic N) is 1. The van der Waals surface area contributed by atoms with Crippen molar-refractivity contribution in [2.24, 2.45) is 0 Å². The van der Waals surface area contributed by atoms with Gasteiger partial charge >= 0.3 is 10.2 Å². The van der Waals surface area contributed by atoms with Crippen LogP contribution in [0.1, 0.15) is 10.4 Å². The molecule has 24 heavy (non-hydrogen) atoms. The SMILES string of the molecule is CN(C)S(=O)(=O)Nc1ccc(Cl)c(C(=O)Nc2ccc(Cl)cc2)c1. The van der Waals surface area contributed by atoms with Gasteiger partial charge in [0, 0.05) is 24.8 Å². The molecule has 0 aliphatic heterocycles. The molecule has 0 spiro atoms. The molecule has 0 aliphatic carbocycles. The third-order valence-electron chi connectivity index (χ3n) is 3.04. The van der Waals surface area contributed by atoms with Crippen LogP contribution >= 0.6 is 23.2 Å². The zero-order valence-corrected chi connectivity index (χ0v) is 15.2. The highest BCUT2D eigenvalue weighted by Crippen LogP contribution is 2.23. The van der Waals surface area contributed by atoms with E-state index in [1.807, 2.05) is 0 Å². The van der Waals surface area contributed by atoms with Crippen molar-refractivity contribution < 1.29 is 13.2 Å². The predicted molar refractivity (Wildman–Crippen MR) is 97.1 cm³/mol. The number of nitrogens with one attached hydrogen (secondary N) is 2. The fourth-order valence-electron chi connectivity index (χ4n) is 1.73. The molecule has 0 radical (unpaired) electrons. The third kappa shape index (κ3) is 4.61. The molecule has 0 aliphatic rings. The van der Waals surface area contributed by atoms with Crippen LogP contribution in [-0.2, 0) is 10.2 Å². The Labute approximate surface area is 150 Å². The standard InChI is InChI=1S/C15H15Cl2N3O3S/c1-20(2)24(22,23)19-12-7-8-14(17)13(9-12)15(21)18-11-5-3-10(16)4-6-11/h3-9,19H,1-2H3,(H,18,21). The summed E-state index contributed by atoms with van der Waals surface area (Å²) in [6, 6.07) is 10.9. The van der Waals surface area contributed by atoms with Gasteiger partial charge in [0.1, 0.15) is 0 Å². The number of halogens is 2. The summed E-state index contributed by atoms with van der Waals surface area (Å²) in [6.45, 7) is 0. The van der Waals surface area contributed by atoms with Crippen molar-refractivity contribution in [1.29, 1.82) is 0 Å². The van der Waals surface area contributed by atoms with Crippen LogP contribution in [0.5, 0.6) is 0 Å². The first-order chi connectivity index (χ1) is 11.2. The monoisotopic (exact) mass is 387 g/mol. The van der Waals surface area contributed by atoms with Crippen molar-refractivity contribution in [3.8, 4) is 0 Å². The van der Waals surface area contributed by atoms with Crippen LogP contribution in [0.2, 0.25) is 10.0 Å². The molecule has 0 bridgehead atoms. The Morgan fingerprint density at radius 3 is 2.17 bits per heavy atom. The number of hydrogen-bond donors (Lipinski definition) is 2. The van der Waals surface area contributed by atoms with E-state index in [4.69, 9.17) is 23.2 Å². The van der Waals surface area contributed by atoms with Gasteiger partial charge in [-0.15, -0.1) is 0 Å². The van der Waals surface area contributed by atoms with Gasteiger partial charge in [0.2, 0.25) is 0 Å². The molecular formula is C15H15Cl2N3O3S. The average molecular weight is 388 g/mol. The maximum Gasteiger partial charge on any atom is 0.301 e. The molecule has 6 nitrogen and oxygen atoms in total. The van der Waals surface area contributed by atoms with E-state index in [1.165, 1.54) is 32.3 Å². The molecule has 0 saturated carbocycles. The van der Waals surface area contributed by atoms with Crippen molar-refractivity contribution in [3.63, 3.8) is 0 Å². The summed E-state index contributed by atoms with van der Waals surface area (Å²) >= 11 is 11.8. The molecule has 0 atom stereocenters. The minimum Gasteiger partial charge on any atom is -0.322 e. The molecule has 0 unspecified atom stereocenters. The van der Waals surface area contributed by atoms with Crippen molar-refractivity contribution in [3.05, 3.63) is 58.1 Å². The average Bonchev–Trinajstić information content (AvgIpc) is 2.51. The lowest BCUT2D eigenvalue weighted by molar-refractivity contribution is 0.102. The van der Waals surface area contributed by atoms with Crippen LogP contribution in [0.15, 0.2) is 42.5 Å². The van der Waals surface area contributed by atoms with Gasteiger partial charge < -0.3 is 5.32 Å². The third-order valence-corrected chi connectivity index (χ3v) is 5.08. The normalized spacial score (nSPS) is 11.4. The fraction of sp³-hybridized carbons (Fsp3) is 0.133. The maximum absolute atomic E-state index is 12.4. The summed E-state index contributed by atoms with van der Waals surface area (Å²) in [5.74, 6) is -0.465. The van der Waals surface area contributed by atoms with Crippen molar-refractivity contribution in [2.45, 2.75) is 0 Å². The minimum atomic E-state index is -3.68. The van der Waals surface area contributed by atoms with Crippen LogP contribution in [0, 0.1) is 0 Å². The molecule has 0 fully saturated rings. The molecule has 0 heterocycles. The van der Waals surface area contributed by atoms with Crippen LogP contribution in [0.3, 0.4) is 0 Å². The summed E-state index contributed by atoms with van der Waals surface area (Å²) in [7, 11) is -0.886. The highest BCUT2D eigenvalue weighted by Gasteiger charge is 2.16. The van der Waals surface area contributed by atoms with Gasteiger partial charge in [-0.1, -0.05) is 23.2 Å². The summed E-state index contributed by atoms with van der Waals surface area (Å²) in [4.78, 5) is 12.4. The minimum absolute atomic E-state index is 0.144. The summed E-state index contributed by atoms with van der Waals surface area (Å²) in [6.07, 6.45) is 0. The lowest BCUT2D eigenvalue weighted by Gasteiger charge is -2.14. The lowest BCUT2D eigenvalue weighted by Crippen LogP contribution is -2.29. The number of carbonyl (C=O) groups excluding carboxylic acids is 1. The van der Waals surface area contributed by atoms with E-state index in [-0.39, 0.29) is 16.3 Å². The van der Waals surface area contributed by atoms with Gasteiger partial charge in [0.05, 0.1) is 16.3 Å². The van der Waals surface area contributed by atoms with Crippen LogP contribution in [-0.4, -0.2) is 32.7 Å². The van der Waals surface area contributed by atoms with Crippen LogP contribution < -0.4 is 10.0 Å². The number of rotatable bonds is 5. The van der Waals surface area contributed by atoms with Gasteiger partial charge in [-0.3, -0.25) is 9.52 Å². The molecule has 2 N–H and O–H groups in total. The van der Waals surface area contributed by atoms with Crippen LogP contribution in [0.25, 0.3) is 0 Å². The number of amides is 1. The zero-order valence-electron chi connectivity index (χ0n) is 12.9. The van der Waals surface area contributed by atoms with Crippen LogP contribution in [0.4, 0.5) is 11.4 Å². The Bertz CT molecular complexity index is 853. The van der Waals surface area contributed by atoms with Gasteiger partial charge in [0.15, 0.2) is 0 Å². The van der Waals surface area contributed by atoms with Crippen molar-refractivity contribution in [2.75, 3.05) is 24.1 Å². The first kappa shape index (κ1) is 18.5. The first-order valence-corrected chi connectivity index (χ1v) is 8.95. The summed E-state index contributed by atoms with van der Waals surface area (Å²) < 4.78 is 27.1. The predicted octanol–water partition coefficient (Wildman–Crippen LogP) is 3.46. The quantitative estimate of drug-likeness (QED) is 0.824.